The number of allylic oxidation sites excluding steroid dienone is 6. The lowest BCUT2D eigenvalue weighted by atomic mass is 9.93. The minimum atomic E-state index is -0.194. The highest BCUT2D eigenvalue weighted by Gasteiger charge is 2.24. The molecule has 0 bridgehead atoms. The molecule has 2 aliphatic rings. The zero-order valence-corrected chi connectivity index (χ0v) is 21.0. The Balaban J connectivity index is 0.00000113. The van der Waals surface area contributed by atoms with Crippen molar-refractivity contribution in [2.24, 2.45) is 0 Å². The second kappa shape index (κ2) is 14.8. The number of nitriles is 1. The van der Waals surface area contributed by atoms with Crippen LogP contribution in [0, 0.1) is 17.1 Å². The normalized spacial score (nSPS) is 19.0. The van der Waals surface area contributed by atoms with Gasteiger partial charge >= 0.3 is 0 Å². The Hall–Kier alpha value is -2.17. The van der Waals surface area contributed by atoms with Gasteiger partial charge in [0, 0.05) is 12.2 Å². The lowest BCUT2D eigenvalue weighted by molar-refractivity contribution is 0.330. The third-order valence-electron chi connectivity index (χ3n) is 5.03. The van der Waals surface area contributed by atoms with Gasteiger partial charge in [0.15, 0.2) is 0 Å². The molecule has 1 aromatic rings. The van der Waals surface area contributed by atoms with E-state index < -0.39 is 0 Å². The smallest absolute Gasteiger partial charge is 0.123 e. The topological polar surface area (TPSA) is 27.0 Å². The molecule has 2 heterocycles. The van der Waals surface area contributed by atoms with Gasteiger partial charge in [-0.15, -0.1) is 0 Å². The molecule has 3 rings (SSSR count). The summed E-state index contributed by atoms with van der Waals surface area (Å²) >= 11 is 0. The minimum absolute atomic E-state index is 0.194. The first-order valence-electron chi connectivity index (χ1n) is 11.6. The SMILES string of the molecule is CC.CC.CCC/C=C(/C#N)N1C=C(C2=C(c3cccc(F)c3)PCC=C2)CCC1C. The van der Waals surface area contributed by atoms with Crippen molar-refractivity contribution in [1.29, 1.82) is 5.26 Å². The summed E-state index contributed by atoms with van der Waals surface area (Å²) in [4.78, 5) is 2.12. The third kappa shape index (κ3) is 7.48. The fourth-order valence-corrected chi connectivity index (χ4v) is 4.78. The van der Waals surface area contributed by atoms with Crippen LogP contribution in [-0.2, 0) is 0 Å². The molecule has 168 valence electrons. The summed E-state index contributed by atoms with van der Waals surface area (Å²) < 4.78 is 13.8. The summed E-state index contributed by atoms with van der Waals surface area (Å²) in [5, 5.41) is 10.9. The maximum atomic E-state index is 13.8. The lowest BCUT2D eigenvalue weighted by Gasteiger charge is -2.34. The van der Waals surface area contributed by atoms with E-state index in [2.05, 4.69) is 43.2 Å². The van der Waals surface area contributed by atoms with Gasteiger partial charge in [0.25, 0.3) is 0 Å². The van der Waals surface area contributed by atoms with Crippen LogP contribution in [0.2, 0.25) is 0 Å². The van der Waals surface area contributed by atoms with Crippen molar-refractivity contribution in [1.82, 2.24) is 4.90 Å². The highest BCUT2D eigenvalue weighted by atomic mass is 31.1. The molecule has 4 heteroatoms. The summed E-state index contributed by atoms with van der Waals surface area (Å²) in [6.07, 6.45) is 13.5. The Labute approximate surface area is 191 Å². The predicted octanol–water partition coefficient (Wildman–Crippen LogP) is 8.41. The van der Waals surface area contributed by atoms with Crippen LogP contribution in [0.15, 0.2) is 65.5 Å². The number of unbranched alkanes of at least 4 members (excludes halogenated alkanes) is 1. The van der Waals surface area contributed by atoms with Crippen LogP contribution in [-0.4, -0.2) is 17.1 Å². The second-order valence-electron chi connectivity index (χ2n) is 7.02. The van der Waals surface area contributed by atoms with Crippen molar-refractivity contribution < 1.29 is 4.39 Å². The van der Waals surface area contributed by atoms with Gasteiger partial charge < -0.3 is 4.90 Å². The molecule has 0 N–H and O–H groups in total. The van der Waals surface area contributed by atoms with Crippen molar-refractivity contribution >= 4 is 13.9 Å². The fraction of sp³-hybridized carbons (Fsp3) is 0.444. The van der Waals surface area contributed by atoms with E-state index in [-0.39, 0.29) is 5.82 Å². The number of hydrogen-bond acceptors (Lipinski definition) is 2. The van der Waals surface area contributed by atoms with Gasteiger partial charge in [0.05, 0.1) is 0 Å². The molecule has 0 saturated carbocycles. The van der Waals surface area contributed by atoms with Gasteiger partial charge in [0.1, 0.15) is 17.6 Å². The predicted molar refractivity (Wildman–Crippen MR) is 136 cm³/mol. The summed E-state index contributed by atoms with van der Waals surface area (Å²) in [5.41, 5.74) is 4.15. The Morgan fingerprint density at radius 1 is 1.29 bits per heavy atom. The average Bonchev–Trinajstić information content (AvgIpc) is 2.83. The first kappa shape index (κ1) is 26.9. The maximum Gasteiger partial charge on any atom is 0.123 e. The van der Waals surface area contributed by atoms with Crippen molar-refractivity contribution in [2.45, 2.75) is 73.3 Å². The standard InChI is InChI=1S/C23H26FN2P.2C2H6/c1-3-4-9-21(15-25)26-16-19(12-11-17(26)2)22-10-6-13-27-23(22)18-7-5-8-20(24)14-18;2*1-2/h5-10,14,16-17,27H,3-4,11-13H2,1-2H3;2*1-2H3/b21-9-;;. The van der Waals surface area contributed by atoms with E-state index >= 15 is 0 Å². The van der Waals surface area contributed by atoms with Crippen LogP contribution in [0.4, 0.5) is 4.39 Å². The summed E-state index contributed by atoms with van der Waals surface area (Å²) in [6.45, 7) is 12.3. The van der Waals surface area contributed by atoms with Crippen molar-refractivity contribution in [3.63, 3.8) is 0 Å². The highest BCUT2D eigenvalue weighted by Crippen LogP contribution is 2.44. The molecule has 1 aromatic carbocycles. The zero-order chi connectivity index (χ0) is 23.2. The number of benzene rings is 1. The molecule has 2 unspecified atom stereocenters. The number of rotatable bonds is 5. The maximum absolute atomic E-state index is 13.8. The molecular formula is C27H38FN2P. The Kier molecular flexibility index (Phi) is 12.8. The third-order valence-corrected chi connectivity index (χ3v) is 6.38. The van der Waals surface area contributed by atoms with E-state index in [0.717, 1.165) is 43.1 Å². The Morgan fingerprint density at radius 2 is 2.03 bits per heavy atom. The van der Waals surface area contributed by atoms with Gasteiger partial charge in [-0.05, 0) is 72.6 Å². The van der Waals surface area contributed by atoms with Crippen LogP contribution in [0.1, 0.15) is 72.8 Å². The van der Waals surface area contributed by atoms with E-state index in [9.17, 15) is 9.65 Å². The summed E-state index contributed by atoms with van der Waals surface area (Å²) in [5.74, 6) is -0.194. The first-order chi connectivity index (χ1) is 15.1. The van der Waals surface area contributed by atoms with E-state index in [1.54, 1.807) is 12.1 Å². The van der Waals surface area contributed by atoms with Crippen LogP contribution in [0.5, 0.6) is 0 Å². The molecule has 2 aliphatic heterocycles. The van der Waals surface area contributed by atoms with Gasteiger partial charge in [-0.25, -0.2) is 4.39 Å². The second-order valence-corrected chi connectivity index (χ2v) is 8.28. The fourth-order valence-electron chi connectivity index (χ4n) is 3.55. The van der Waals surface area contributed by atoms with E-state index in [0.29, 0.717) is 14.6 Å². The molecule has 0 aliphatic carbocycles. The van der Waals surface area contributed by atoms with Crippen LogP contribution < -0.4 is 0 Å². The number of nitrogens with zero attached hydrogens (tertiary/aromatic N) is 2. The average molecular weight is 441 g/mol. The number of hydrogen-bond donors (Lipinski definition) is 0. The molecule has 0 amide bonds. The molecule has 0 radical (unpaired) electrons. The van der Waals surface area contributed by atoms with Gasteiger partial charge in [0.2, 0.25) is 0 Å². The molecule has 0 saturated heterocycles. The van der Waals surface area contributed by atoms with Crippen LogP contribution >= 0.6 is 8.58 Å². The largest absolute Gasteiger partial charge is 0.337 e. The quantitative estimate of drug-likeness (QED) is 0.339. The first-order valence-corrected chi connectivity index (χ1v) is 12.8. The van der Waals surface area contributed by atoms with Crippen molar-refractivity contribution in [3.05, 3.63) is 76.9 Å². The van der Waals surface area contributed by atoms with Gasteiger partial charge in [-0.1, -0.05) is 73.9 Å². The molecule has 2 atom stereocenters. The summed E-state index contributed by atoms with van der Waals surface area (Å²) in [7, 11) is 0.640. The van der Waals surface area contributed by atoms with Crippen LogP contribution in [0.3, 0.4) is 0 Å². The lowest BCUT2D eigenvalue weighted by Crippen LogP contribution is -2.31. The Morgan fingerprint density at radius 3 is 2.68 bits per heavy atom. The molecule has 0 aromatic heterocycles. The van der Waals surface area contributed by atoms with Crippen molar-refractivity contribution in [2.75, 3.05) is 6.16 Å². The molecule has 0 spiro atoms. The van der Waals surface area contributed by atoms with Gasteiger partial charge in [-0.2, -0.15) is 5.26 Å². The van der Waals surface area contributed by atoms with E-state index in [1.807, 2.05) is 39.8 Å². The zero-order valence-electron chi connectivity index (χ0n) is 20.0. The van der Waals surface area contributed by atoms with E-state index in [1.165, 1.54) is 22.5 Å². The molecule has 31 heavy (non-hydrogen) atoms. The summed E-state index contributed by atoms with van der Waals surface area (Å²) in [6, 6.07) is 9.58. The highest BCUT2D eigenvalue weighted by molar-refractivity contribution is 7.50. The van der Waals surface area contributed by atoms with Crippen molar-refractivity contribution in [3.8, 4) is 6.07 Å². The minimum Gasteiger partial charge on any atom is -0.337 e. The molecular weight excluding hydrogens is 402 g/mol. The van der Waals surface area contributed by atoms with Gasteiger partial charge in [-0.3, -0.25) is 0 Å². The van der Waals surface area contributed by atoms with Crippen LogP contribution in [0.25, 0.3) is 5.31 Å². The molecule has 0 fully saturated rings. The monoisotopic (exact) mass is 440 g/mol. The Bertz CT molecular complexity index is 858. The number of halogens is 1. The van der Waals surface area contributed by atoms with E-state index in [4.69, 9.17) is 0 Å². The molecule has 2 nitrogen and oxygen atoms in total.